The maximum Gasteiger partial charge on any atom is 0.320 e. The van der Waals surface area contributed by atoms with Gasteiger partial charge in [-0.25, -0.2) is 9.44 Å². The molecule has 1 aliphatic rings. The zero-order chi connectivity index (χ0) is 15.7. The van der Waals surface area contributed by atoms with Gasteiger partial charge in [-0.05, 0) is 19.4 Å². The Morgan fingerprint density at radius 1 is 1.29 bits per heavy atom. The number of aliphatic carboxylic acids is 1. The highest BCUT2D eigenvalue weighted by molar-refractivity contribution is 7.87. The number of morpholine rings is 1. The molecule has 10 heteroatoms. The maximum absolute atomic E-state index is 11.6. The summed E-state index contributed by atoms with van der Waals surface area (Å²) >= 11 is 0. The Labute approximate surface area is 125 Å². The Bertz CT molecular complexity index is 411. The van der Waals surface area contributed by atoms with Crippen LogP contribution in [0.5, 0.6) is 0 Å². The number of carboxylic acids is 1. The van der Waals surface area contributed by atoms with E-state index in [0.717, 1.165) is 32.8 Å². The monoisotopic (exact) mass is 324 g/mol. The van der Waals surface area contributed by atoms with Gasteiger partial charge in [0.15, 0.2) is 0 Å². The van der Waals surface area contributed by atoms with Crippen molar-refractivity contribution < 1.29 is 23.1 Å². The van der Waals surface area contributed by atoms with Crippen molar-refractivity contribution in [3.05, 3.63) is 0 Å². The number of carbonyl (C=O) groups is 1. The van der Waals surface area contributed by atoms with Crippen LogP contribution < -0.4 is 15.2 Å². The minimum atomic E-state index is -3.60. The van der Waals surface area contributed by atoms with E-state index in [4.69, 9.17) is 15.6 Å². The summed E-state index contributed by atoms with van der Waals surface area (Å²) in [5, 5.41) is 8.58. The molecule has 1 heterocycles. The van der Waals surface area contributed by atoms with Crippen LogP contribution in [0, 0.1) is 0 Å². The van der Waals surface area contributed by atoms with Crippen molar-refractivity contribution in [2.75, 3.05) is 45.9 Å². The van der Waals surface area contributed by atoms with Crippen LogP contribution >= 0.6 is 0 Å². The van der Waals surface area contributed by atoms with Crippen LogP contribution in [0.15, 0.2) is 0 Å². The smallest absolute Gasteiger partial charge is 0.320 e. The fraction of sp³-hybridized carbons (Fsp3) is 0.909. The molecule has 0 aromatic rings. The van der Waals surface area contributed by atoms with Crippen LogP contribution in [-0.4, -0.2) is 76.4 Å². The fourth-order valence-electron chi connectivity index (χ4n) is 1.86. The molecule has 9 nitrogen and oxygen atoms in total. The van der Waals surface area contributed by atoms with Crippen molar-refractivity contribution in [1.29, 1.82) is 0 Å². The van der Waals surface area contributed by atoms with Gasteiger partial charge in [-0.1, -0.05) is 0 Å². The molecule has 1 aliphatic heterocycles. The van der Waals surface area contributed by atoms with Crippen LogP contribution in [0.25, 0.3) is 0 Å². The van der Waals surface area contributed by atoms with Crippen molar-refractivity contribution in [1.82, 2.24) is 14.3 Å². The van der Waals surface area contributed by atoms with E-state index in [2.05, 4.69) is 14.3 Å². The van der Waals surface area contributed by atoms with Crippen LogP contribution in [0.4, 0.5) is 0 Å². The summed E-state index contributed by atoms with van der Waals surface area (Å²) in [5.74, 6) is -1.15. The standard InChI is InChI=1S/C11H24N4O5S/c12-10(11(16)17)2-4-14-21(18,19)13-3-1-5-15-6-8-20-9-7-15/h10,13-14H,1-9,12H2,(H,16,17)/t10-/m0/s1. The van der Waals surface area contributed by atoms with E-state index in [1.165, 1.54) is 0 Å². The van der Waals surface area contributed by atoms with E-state index in [1.807, 2.05) is 0 Å². The van der Waals surface area contributed by atoms with Gasteiger partial charge in [0.1, 0.15) is 6.04 Å². The van der Waals surface area contributed by atoms with Crippen LogP contribution in [0.1, 0.15) is 12.8 Å². The molecule has 0 saturated carbocycles. The summed E-state index contributed by atoms with van der Waals surface area (Å²) in [6.07, 6.45) is 0.750. The number of nitrogens with one attached hydrogen (secondary N) is 2. The molecule has 0 aliphatic carbocycles. The molecule has 1 fully saturated rings. The summed E-state index contributed by atoms with van der Waals surface area (Å²) in [5.41, 5.74) is 5.28. The van der Waals surface area contributed by atoms with E-state index in [1.54, 1.807) is 0 Å². The molecule has 5 N–H and O–H groups in total. The first kappa shape index (κ1) is 18.3. The molecule has 0 radical (unpaired) electrons. The number of nitrogens with zero attached hydrogens (tertiary/aromatic N) is 1. The third-order valence-corrected chi connectivity index (χ3v) is 4.28. The summed E-state index contributed by atoms with van der Waals surface area (Å²) in [6, 6.07) is -1.06. The number of rotatable bonds is 10. The average Bonchev–Trinajstić information content (AvgIpc) is 2.44. The van der Waals surface area contributed by atoms with Crippen molar-refractivity contribution >= 4 is 16.2 Å². The first-order valence-electron chi connectivity index (χ1n) is 6.93. The van der Waals surface area contributed by atoms with Crippen LogP contribution in [0.2, 0.25) is 0 Å². The summed E-state index contributed by atoms with van der Waals surface area (Å²) in [7, 11) is -3.60. The quantitative estimate of drug-likeness (QED) is 0.339. The first-order valence-corrected chi connectivity index (χ1v) is 8.42. The largest absolute Gasteiger partial charge is 0.480 e. The van der Waals surface area contributed by atoms with Gasteiger partial charge < -0.3 is 15.6 Å². The van der Waals surface area contributed by atoms with E-state index in [-0.39, 0.29) is 13.0 Å². The molecule has 0 amide bonds. The highest BCUT2D eigenvalue weighted by Crippen LogP contribution is 1.97. The molecule has 21 heavy (non-hydrogen) atoms. The molecule has 0 aromatic heterocycles. The average molecular weight is 324 g/mol. The summed E-state index contributed by atoms with van der Waals surface area (Å²) in [6.45, 7) is 4.32. The van der Waals surface area contributed by atoms with Crippen molar-refractivity contribution in [3.63, 3.8) is 0 Å². The molecular formula is C11H24N4O5S. The summed E-state index contributed by atoms with van der Waals surface area (Å²) < 4.78 is 33.1. The van der Waals surface area contributed by atoms with E-state index >= 15 is 0 Å². The summed E-state index contributed by atoms with van der Waals surface area (Å²) in [4.78, 5) is 12.7. The lowest BCUT2D eigenvalue weighted by atomic mass is 10.2. The lowest BCUT2D eigenvalue weighted by Crippen LogP contribution is -2.42. The van der Waals surface area contributed by atoms with Gasteiger partial charge in [-0.15, -0.1) is 0 Å². The van der Waals surface area contributed by atoms with Gasteiger partial charge in [0.25, 0.3) is 10.2 Å². The second kappa shape index (κ2) is 9.28. The van der Waals surface area contributed by atoms with Crippen molar-refractivity contribution in [2.24, 2.45) is 5.73 Å². The van der Waals surface area contributed by atoms with Crippen LogP contribution in [0.3, 0.4) is 0 Å². The Morgan fingerprint density at radius 2 is 1.90 bits per heavy atom. The highest BCUT2D eigenvalue weighted by atomic mass is 32.2. The Hall–Kier alpha value is -0.780. The molecule has 0 spiro atoms. The number of ether oxygens (including phenoxy) is 1. The maximum atomic E-state index is 11.6. The Kier molecular flexibility index (Phi) is 8.07. The fourth-order valence-corrected chi connectivity index (χ4v) is 2.76. The van der Waals surface area contributed by atoms with Gasteiger partial charge in [0, 0.05) is 26.2 Å². The molecule has 0 aromatic carbocycles. The van der Waals surface area contributed by atoms with Gasteiger partial charge in [-0.2, -0.15) is 8.42 Å². The minimum absolute atomic E-state index is 0.00767. The minimum Gasteiger partial charge on any atom is -0.480 e. The predicted octanol–water partition coefficient (Wildman–Crippen LogP) is -2.07. The SMILES string of the molecule is N[C@@H](CCNS(=O)(=O)NCCCN1CCOCC1)C(=O)O. The second-order valence-electron chi connectivity index (χ2n) is 4.83. The number of carboxylic acid groups (broad SMARTS) is 1. The number of hydrogen-bond donors (Lipinski definition) is 4. The molecule has 0 bridgehead atoms. The zero-order valence-corrected chi connectivity index (χ0v) is 12.8. The third kappa shape index (κ3) is 8.29. The van der Waals surface area contributed by atoms with E-state index in [0.29, 0.717) is 13.0 Å². The number of nitrogens with two attached hydrogens (primary N) is 1. The highest BCUT2D eigenvalue weighted by Gasteiger charge is 2.14. The Morgan fingerprint density at radius 3 is 2.52 bits per heavy atom. The van der Waals surface area contributed by atoms with Gasteiger partial charge in [0.2, 0.25) is 0 Å². The van der Waals surface area contributed by atoms with Gasteiger partial charge in [-0.3, -0.25) is 9.69 Å². The lowest BCUT2D eigenvalue weighted by Gasteiger charge is -2.26. The topological polar surface area (TPSA) is 134 Å². The molecule has 1 saturated heterocycles. The first-order chi connectivity index (χ1) is 9.91. The second-order valence-corrected chi connectivity index (χ2v) is 6.42. The molecular weight excluding hydrogens is 300 g/mol. The third-order valence-electron chi connectivity index (χ3n) is 3.11. The molecule has 0 unspecified atom stereocenters. The lowest BCUT2D eigenvalue weighted by molar-refractivity contribution is -0.138. The van der Waals surface area contributed by atoms with E-state index < -0.39 is 22.2 Å². The Balaban J connectivity index is 2.10. The van der Waals surface area contributed by atoms with Crippen molar-refractivity contribution in [3.8, 4) is 0 Å². The molecule has 1 atom stereocenters. The normalized spacial score (nSPS) is 18.5. The molecule has 124 valence electrons. The predicted molar refractivity (Wildman–Crippen MR) is 77.0 cm³/mol. The van der Waals surface area contributed by atoms with Gasteiger partial charge in [0.05, 0.1) is 13.2 Å². The zero-order valence-electron chi connectivity index (χ0n) is 12.0. The number of hydrogen-bond acceptors (Lipinski definition) is 6. The van der Waals surface area contributed by atoms with Crippen molar-refractivity contribution in [2.45, 2.75) is 18.9 Å². The molecule has 1 rings (SSSR count). The van der Waals surface area contributed by atoms with Crippen LogP contribution in [-0.2, 0) is 19.7 Å². The van der Waals surface area contributed by atoms with E-state index in [9.17, 15) is 13.2 Å². The van der Waals surface area contributed by atoms with Gasteiger partial charge >= 0.3 is 5.97 Å².